The van der Waals surface area contributed by atoms with E-state index in [0.717, 1.165) is 10.1 Å². The highest BCUT2D eigenvalue weighted by atomic mass is 35.5. The summed E-state index contributed by atoms with van der Waals surface area (Å²) < 4.78 is 6.18. The molecule has 7 nitrogen and oxygen atoms in total. The van der Waals surface area contributed by atoms with Crippen LogP contribution >= 0.6 is 34.3 Å². The molecule has 0 unspecified atom stereocenters. The number of esters is 1. The van der Waals surface area contributed by atoms with Gasteiger partial charge in [0.15, 0.2) is 0 Å². The van der Waals surface area contributed by atoms with E-state index < -0.39 is 17.8 Å². The number of carbonyl (C=O) groups excluding carboxylic acids is 3. The number of halogens is 1. The average molecular weight is 498 g/mol. The lowest BCUT2D eigenvalue weighted by Gasteiger charge is -2.04. The molecule has 0 aliphatic heterocycles. The molecule has 0 radical (unpaired) electrons. The number of nitrogens with zero attached hydrogens (tertiary/aromatic N) is 1. The fourth-order valence-electron chi connectivity index (χ4n) is 2.79. The third-order valence-electron chi connectivity index (χ3n) is 4.37. The molecule has 0 spiro atoms. The minimum Gasteiger partial charge on any atom is -0.422 e. The van der Waals surface area contributed by atoms with Gasteiger partial charge in [-0.25, -0.2) is 10.2 Å². The van der Waals surface area contributed by atoms with E-state index in [-0.39, 0.29) is 6.54 Å². The average Bonchev–Trinajstić information content (AvgIpc) is 3.48. The third kappa shape index (κ3) is 5.64. The SMILES string of the molecule is O=C(CNC(=O)c1sc2ccccc2c1Cl)N/N=C\c1ccc(OC(=O)c2cccs2)cc1. The van der Waals surface area contributed by atoms with Crippen molar-refractivity contribution < 1.29 is 19.1 Å². The van der Waals surface area contributed by atoms with Crippen LogP contribution in [0.4, 0.5) is 0 Å². The Labute approximate surface area is 201 Å². The zero-order valence-corrected chi connectivity index (χ0v) is 19.3. The summed E-state index contributed by atoms with van der Waals surface area (Å²) in [5.41, 5.74) is 3.03. The van der Waals surface area contributed by atoms with Gasteiger partial charge in [0.25, 0.3) is 11.8 Å². The highest BCUT2D eigenvalue weighted by molar-refractivity contribution is 7.21. The number of ether oxygens (including phenoxy) is 1. The fraction of sp³-hybridized carbons (Fsp3) is 0.0435. The topological polar surface area (TPSA) is 96.9 Å². The Morgan fingerprint density at radius 3 is 2.55 bits per heavy atom. The fourth-order valence-corrected chi connectivity index (χ4v) is 4.83. The van der Waals surface area contributed by atoms with E-state index in [1.165, 1.54) is 28.9 Å². The van der Waals surface area contributed by atoms with Crippen LogP contribution in [-0.4, -0.2) is 30.5 Å². The Morgan fingerprint density at radius 1 is 1.03 bits per heavy atom. The van der Waals surface area contributed by atoms with Gasteiger partial charge in [-0.05, 0) is 47.3 Å². The van der Waals surface area contributed by atoms with Crippen molar-refractivity contribution in [2.45, 2.75) is 0 Å². The first-order chi connectivity index (χ1) is 16.0. The zero-order valence-electron chi connectivity index (χ0n) is 16.9. The largest absolute Gasteiger partial charge is 0.422 e. The van der Waals surface area contributed by atoms with E-state index >= 15 is 0 Å². The summed E-state index contributed by atoms with van der Waals surface area (Å²) in [5, 5.41) is 9.38. The molecule has 2 aromatic carbocycles. The van der Waals surface area contributed by atoms with E-state index in [1.54, 1.807) is 41.8 Å². The van der Waals surface area contributed by atoms with Gasteiger partial charge in [-0.15, -0.1) is 22.7 Å². The number of thiophene rings is 2. The maximum atomic E-state index is 12.4. The van der Waals surface area contributed by atoms with Gasteiger partial charge in [0.05, 0.1) is 17.8 Å². The highest BCUT2D eigenvalue weighted by Gasteiger charge is 2.17. The molecule has 2 N–H and O–H groups in total. The first-order valence-corrected chi connectivity index (χ1v) is 11.7. The normalized spacial score (nSPS) is 10.9. The van der Waals surface area contributed by atoms with Gasteiger partial charge in [-0.1, -0.05) is 35.9 Å². The molecule has 10 heteroatoms. The van der Waals surface area contributed by atoms with Crippen LogP contribution in [0.3, 0.4) is 0 Å². The number of hydrazone groups is 1. The van der Waals surface area contributed by atoms with Gasteiger partial charge in [-0.2, -0.15) is 5.10 Å². The van der Waals surface area contributed by atoms with E-state index in [0.29, 0.717) is 26.1 Å². The summed E-state index contributed by atoms with van der Waals surface area (Å²) in [5.74, 6) is -0.929. The minimum absolute atomic E-state index is 0.252. The van der Waals surface area contributed by atoms with Crippen molar-refractivity contribution in [2.24, 2.45) is 5.10 Å². The molecule has 4 aromatic rings. The van der Waals surface area contributed by atoms with Crippen molar-refractivity contribution in [1.29, 1.82) is 0 Å². The summed E-state index contributed by atoms with van der Waals surface area (Å²) >= 11 is 8.85. The Kier molecular flexibility index (Phi) is 7.13. The predicted molar refractivity (Wildman–Crippen MR) is 131 cm³/mol. The predicted octanol–water partition coefficient (Wildman–Crippen LogP) is 4.72. The molecule has 0 fully saturated rings. The van der Waals surface area contributed by atoms with Crippen molar-refractivity contribution in [3.63, 3.8) is 0 Å². The lowest BCUT2D eigenvalue weighted by molar-refractivity contribution is -0.120. The second kappa shape index (κ2) is 10.4. The number of benzene rings is 2. The second-order valence-corrected chi connectivity index (χ2v) is 9.03. The van der Waals surface area contributed by atoms with Crippen LogP contribution in [0.15, 0.2) is 71.1 Å². The summed E-state index contributed by atoms with van der Waals surface area (Å²) in [7, 11) is 0. The Hall–Kier alpha value is -3.53. The van der Waals surface area contributed by atoms with Gasteiger partial charge in [0, 0.05) is 10.1 Å². The molecular formula is C23H16ClN3O4S2. The molecule has 0 atom stereocenters. The quantitative estimate of drug-likeness (QED) is 0.167. The zero-order chi connectivity index (χ0) is 23.2. The van der Waals surface area contributed by atoms with Crippen molar-refractivity contribution in [3.8, 4) is 5.75 Å². The Bertz CT molecular complexity index is 1330. The standard InChI is InChI=1S/C23H16ClN3O4S2/c24-20-16-4-1-2-5-17(16)33-21(20)22(29)25-13-19(28)27-26-12-14-7-9-15(10-8-14)31-23(30)18-6-3-11-32-18/h1-12H,13H2,(H,25,29)(H,27,28)/b26-12-. The van der Waals surface area contributed by atoms with Crippen LogP contribution in [0.25, 0.3) is 10.1 Å². The van der Waals surface area contributed by atoms with Crippen LogP contribution < -0.4 is 15.5 Å². The van der Waals surface area contributed by atoms with Gasteiger partial charge >= 0.3 is 5.97 Å². The molecule has 2 aromatic heterocycles. The van der Waals surface area contributed by atoms with Gasteiger partial charge in [0.2, 0.25) is 0 Å². The maximum absolute atomic E-state index is 12.4. The molecule has 166 valence electrons. The van der Waals surface area contributed by atoms with Crippen molar-refractivity contribution in [1.82, 2.24) is 10.7 Å². The van der Waals surface area contributed by atoms with Crippen molar-refractivity contribution >= 4 is 68.4 Å². The number of fused-ring (bicyclic) bond motifs is 1. The van der Waals surface area contributed by atoms with Gasteiger partial charge in [-0.3, -0.25) is 9.59 Å². The molecular weight excluding hydrogens is 482 g/mol. The first kappa shape index (κ1) is 22.7. The monoisotopic (exact) mass is 497 g/mol. The number of carbonyl (C=O) groups is 3. The van der Waals surface area contributed by atoms with Crippen LogP contribution in [0.5, 0.6) is 5.75 Å². The molecule has 2 amide bonds. The number of rotatable bonds is 7. The minimum atomic E-state index is -0.488. The molecule has 0 aliphatic rings. The smallest absolute Gasteiger partial charge is 0.353 e. The van der Waals surface area contributed by atoms with Crippen LogP contribution in [-0.2, 0) is 4.79 Å². The molecule has 33 heavy (non-hydrogen) atoms. The molecule has 0 saturated heterocycles. The van der Waals surface area contributed by atoms with E-state index in [2.05, 4.69) is 15.8 Å². The van der Waals surface area contributed by atoms with Crippen LogP contribution in [0, 0.1) is 0 Å². The number of nitrogens with one attached hydrogen (secondary N) is 2. The van der Waals surface area contributed by atoms with Crippen LogP contribution in [0.2, 0.25) is 5.02 Å². The molecule has 0 saturated carbocycles. The molecule has 2 heterocycles. The Balaban J connectivity index is 1.25. The third-order valence-corrected chi connectivity index (χ3v) is 6.89. The Morgan fingerprint density at radius 2 is 1.82 bits per heavy atom. The van der Waals surface area contributed by atoms with Crippen LogP contribution in [0.1, 0.15) is 24.9 Å². The molecule has 4 rings (SSSR count). The lowest BCUT2D eigenvalue weighted by atomic mass is 10.2. The summed E-state index contributed by atoms with van der Waals surface area (Å²) in [6.07, 6.45) is 1.44. The molecule has 0 aliphatic carbocycles. The van der Waals surface area contributed by atoms with E-state index in [1.807, 2.05) is 24.3 Å². The number of amides is 2. The van der Waals surface area contributed by atoms with Gasteiger partial charge in [0.1, 0.15) is 15.5 Å². The maximum Gasteiger partial charge on any atom is 0.353 e. The summed E-state index contributed by atoms with van der Waals surface area (Å²) in [4.78, 5) is 37.2. The van der Waals surface area contributed by atoms with Gasteiger partial charge < -0.3 is 10.1 Å². The van der Waals surface area contributed by atoms with Crippen molar-refractivity contribution in [2.75, 3.05) is 6.54 Å². The van der Waals surface area contributed by atoms with E-state index in [4.69, 9.17) is 16.3 Å². The number of hydrogen-bond acceptors (Lipinski definition) is 7. The lowest BCUT2D eigenvalue weighted by Crippen LogP contribution is -2.34. The van der Waals surface area contributed by atoms with E-state index in [9.17, 15) is 14.4 Å². The summed E-state index contributed by atoms with van der Waals surface area (Å²) in [6.45, 7) is -0.252. The number of hydrogen-bond donors (Lipinski definition) is 2. The summed E-state index contributed by atoms with van der Waals surface area (Å²) in [6, 6.07) is 17.5. The highest BCUT2D eigenvalue weighted by Crippen LogP contribution is 2.34. The molecule has 0 bridgehead atoms. The second-order valence-electron chi connectivity index (χ2n) is 6.65. The van der Waals surface area contributed by atoms with Crippen molar-refractivity contribution in [3.05, 3.63) is 86.4 Å². The first-order valence-electron chi connectivity index (χ1n) is 9.64.